The van der Waals surface area contributed by atoms with Gasteiger partial charge in [0.05, 0.1) is 12.7 Å². The average Bonchev–Trinajstić information content (AvgIpc) is 2.58. The highest BCUT2D eigenvalue weighted by Crippen LogP contribution is 2.18. The maximum atomic E-state index is 11.9. The van der Waals surface area contributed by atoms with Gasteiger partial charge in [-0.15, -0.1) is 0 Å². The molecule has 0 saturated heterocycles. The molecule has 0 aliphatic rings. The summed E-state index contributed by atoms with van der Waals surface area (Å²) in [6, 6.07) is 0. The van der Waals surface area contributed by atoms with E-state index in [1.807, 2.05) is 0 Å². The molecule has 1 N–H and O–H groups in total. The third-order valence-electron chi connectivity index (χ3n) is 2.32. The zero-order valence-corrected chi connectivity index (χ0v) is 12.3. The first kappa shape index (κ1) is 15.0. The summed E-state index contributed by atoms with van der Waals surface area (Å²) in [6.07, 6.45) is 1.28. The number of aliphatic hydroxyl groups excluding tert-OH is 1. The van der Waals surface area contributed by atoms with Crippen LogP contribution in [0, 0.1) is 0 Å². The molecular formula is C11H18BrN3O3. The highest BCUT2D eigenvalue weighted by molar-refractivity contribution is 9.10. The van der Waals surface area contributed by atoms with Gasteiger partial charge in [0.25, 0.3) is 0 Å². The van der Waals surface area contributed by atoms with Gasteiger partial charge >= 0.3 is 6.09 Å². The second-order valence-corrected chi connectivity index (χ2v) is 4.78. The first-order chi connectivity index (χ1) is 8.45. The fourth-order valence-electron chi connectivity index (χ4n) is 1.46. The number of hydrogen-bond acceptors (Lipinski definition) is 4. The van der Waals surface area contributed by atoms with Crippen molar-refractivity contribution in [2.45, 2.75) is 26.4 Å². The van der Waals surface area contributed by atoms with E-state index in [1.165, 1.54) is 4.90 Å². The number of aliphatic hydroxyl groups is 1. The molecule has 0 unspecified atom stereocenters. The lowest BCUT2D eigenvalue weighted by Gasteiger charge is -2.21. The molecule has 1 atom stereocenters. The topological polar surface area (TPSA) is 67.6 Å². The number of hydrogen-bond donors (Lipinski definition) is 1. The first-order valence-electron chi connectivity index (χ1n) is 5.77. The molecule has 1 aromatic heterocycles. The molecule has 7 heteroatoms. The van der Waals surface area contributed by atoms with Crippen LogP contribution in [0.4, 0.5) is 10.7 Å². The van der Waals surface area contributed by atoms with Gasteiger partial charge < -0.3 is 14.4 Å². The van der Waals surface area contributed by atoms with E-state index in [9.17, 15) is 9.90 Å². The fourth-order valence-corrected chi connectivity index (χ4v) is 1.93. The van der Waals surface area contributed by atoms with Crippen LogP contribution < -0.4 is 4.90 Å². The lowest BCUT2D eigenvalue weighted by atomic mass is 10.3. The van der Waals surface area contributed by atoms with E-state index in [-0.39, 0.29) is 0 Å². The molecule has 0 aliphatic carbocycles. The van der Waals surface area contributed by atoms with Crippen molar-refractivity contribution in [3.63, 3.8) is 0 Å². The molecule has 0 radical (unpaired) electrons. The predicted molar refractivity (Wildman–Crippen MR) is 71.6 cm³/mol. The third kappa shape index (κ3) is 3.99. The molecule has 0 spiro atoms. The summed E-state index contributed by atoms with van der Waals surface area (Å²) in [6.45, 7) is 4.08. The standard InChI is InChI=1S/C11H18BrN3O3/c1-4-18-11(17)15(6-5-8(2)16)10-13-9(12)7-14(10)3/h7-8,16H,4-6H2,1-3H3/t8-/m0/s1. The van der Waals surface area contributed by atoms with E-state index in [2.05, 4.69) is 20.9 Å². The first-order valence-corrected chi connectivity index (χ1v) is 6.56. The Morgan fingerprint density at radius 3 is 2.83 bits per heavy atom. The van der Waals surface area contributed by atoms with Crippen LogP contribution in [-0.2, 0) is 11.8 Å². The third-order valence-corrected chi connectivity index (χ3v) is 2.70. The number of ether oxygens (including phenoxy) is 1. The number of amides is 1. The normalized spacial score (nSPS) is 12.3. The number of rotatable bonds is 5. The Hall–Kier alpha value is -1.08. The van der Waals surface area contributed by atoms with Crippen molar-refractivity contribution >= 4 is 28.0 Å². The van der Waals surface area contributed by atoms with Gasteiger partial charge in [-0.05, 0) is 36.2 Å². The molecule has 0 aliphatic heterocycles. The molecule has 1 heterocycles. The van der Waals surface area contributed by atoms with Gasteiger partial charge in [0, 0.05) is 19.8 Å². The highest BCUT2D eigenvalue weighted by Gasteiger charge is 2.21. The summed E-state index contributed by atoms with van der Waals surface area (Å²) in [4.78, 5) is 17.5. The van der Waals surface area contributed by atoms with Crippen molar-refractivity contribution in [2.24, 2.45) is 7.05 Å². The lowest BCUT2D eigenvalue weighted by molar-refractivity contribution is 0.155. The number of aromatic nitrogens is 2. The van der Waals surface area contributed by atoms with Crippen LogP contribution in [0.5, 0.6) is 0 Å². The van der Waals surface area contributed by atoms with Crippen molar-refractivity contribution < 1.29 is 14.6 Å². The number of aryl methyl sites for hydroxylation is 1. The number of carbonyl (C=O) groups excluding carboxylic acids is 1. The molecule has 0 aromatic carbocycles. The summed E-state index contributed by atoms with van der Waals surface area (Å²) in [5.74, 6) is 0.487. The molecule has 1 aromatic rings. The summed E-state index contributed by atoms with van der Waals surface area (Å²) in [5, 5.41) is 9.32. The lowest BCUT2D eigenvalue weighted by Crippen LogP contribution is -2.35. The largest absolute Gasteiger partial charge is 0.449 e. The Labute approximate surface area is 115 Å². The van der Waals surface area contributed by atoms with Crippen LogP contribution in [0.1, 0.15) is 20.3 Å². The van der Waals surface area contributed by atoms with Crippen molar-refractivity contribution in [3.8, 4) is 0 Å². The SMILES string of the molecule is CCOC(=O)N(CC[C@H](C)O)c1nc(Br)cn1C. The number of halogens is 1. The molecule has 0 fully saturated rings. The Bertz CT molecular complexity index is 406. The van der Waals surface area contributed by atoms with Crippen molar-refractivity contribution in [1.29, 1.82) is 0 Å². The quantitative estimate of drug-likeness (QED) is 0.900. The second-order valence-electron chi connectivity index (χ2n) is 3.96. The fraction of sp³-hybridized carbons (Fsp3) is 0.636. The van der Waals surface area contributed by atoms with E-state index in [0.717, 1.165) is 0 Å². The number of carbonyl (C=O) groups is 1. The zero-order valence-electron chi connectivity index (χ0n) is 10.8. The minimum absolute atomic E-state index is 0.301. The Morgan fingerprint density at radius 1 is 1.72 bits per heavy atom. The smallest absolute Gasteiger partial charge is 0.416 e. The van der Waals surface area contributed by atoms with E-state index in [0.29, 0.717) is 30.1 Å². The van der Waals surface area contributed by atoms with Gasteiger partial charge in [0.2, 0.25) is 5.95 Å². The maximum absolute atomic E-state index is 11.9. The van der Waals surface area contributed by atoms with E-state index >= 15 is 0 Å². The molecule has 18 heavy (non-hydrogen) atoms. The molecule has 6 nitrogen and oxygen atoms in total. The average molecular weight is 320 g/mol. The summed E-state index contributed by atoms with van der Waals surface area (Å²) in [5.41, 5.74) is 0. The van der Waals surface area contributed by atoms with Gasteiger partial charge in [-0.1, -0.05) is 0 Å². The Morgan fingerprint density at radius 2 is 2.39 bits per heavy atom. The van der Waals surface area contributed by atoms with Gasteiger partial charge in [-0.2, -0.15) is 0 Å². The van der Waals surface area contributed by atoms with Crippen molar-refractivity contribution in [2.75, 3.05) is 18.1 Å². The summed E-state index contributed by atoms with van der Waals surface area (Å²) < 4.78 is 7.36. The second kappa shape index (κ2) is 6.75. The molecular weight excluding hydrogens is 302 g/mol. The van der Waals surface area contributed by atoms with Crippen molar-refractivity contribution in [3.05, 3.63) is 10.8 Å². The minimum atomic E-state index is -0.481. The molecule has 1 rings (SSSR count). The summed E-state index contributed by atoms with van der Waals surface area (Å²) in [7, 11) is 1.79. The van der Waals surface area contributed by atoms with Crippen LogP contribution in [0.3, 0.4) is 0 Å². The Kier molecular flexibility index (Phi) is 5.61. The number of imidazole rings is 1. The number of anilines is 1. The van der Waals surface area contributed by atoms with Gasteiger partial charge in [0.15, 0.2) is 0 Å². The Balaban J connectivity index is 2.89. The van der Waals surface area contributed by atoms with Crippen LogP contribution in [-0.4, -0.2) is 40.0 Å². The van der Waals surface area contributed by atoms with Gasteiger partial charge in [-0.25, -0.2) is 14.7 Å². The predicted octanol–water partition coefficient (Wildman–Crippen LogP) is 1.92. The van der Waals surface area contributed by atoms with E-state index < -0.39 is 12.2 Å². The minimum Gasteiger partial charge on any atom is -0.449 e. The zero-order chi connectivity index (χ0) is 13.7. The van der Waals surface area contributed by atoms with Gasteiger partial charge in [0.1, 0.15) is 4.60 Å². The van der Waals surface area contributed by atoms with Crippen molar-refractivity contribution in [1.82, 2.24) is 9.55 Å². The molecule has 0 saturated carbocycles. The van der Waals surface area contributed by atoms with Gasteiger partial charge in [-0.3, -0.25) is 0 Å². The summed E-state index contributed by atoms with van der Waals surface area (Å²) >= 11 is 3.26. The van der Waals surface area contributed by atoms with Crippen LogP contribution in [0.2, 0.25) is 0 Å². The van der Waals surface area contributed by atoms with E-state index in [4.69, 9.17) is 4.74 Å². The molecule has 0 bridgehead atoms. The highest BCUT2D eigenvalue weighted by atomic mass is 79.9. The van der Waals surface area contributed by atoms with Crippen LogP contribution in [0.25, 0.3) is 0 Å². The van der Waals surface area contributed by atoms with Crippen LogP contribution >= 0.6 is 15.9 Å². The van der Waals surface area contributed by atoms with E-state index in [1.54, 1.807) is 31.7 Å². The maximum Gasteiger partial charge on any atom is 0.416 e. The monoisotopic (exact) mass is 319 g/mol. The molecule has 102 valence electrons. The number of nitrogens with zero attached hydrogens (tertiary/aromatic N) is 3. The van der Waals surface area contributed by atoms with Crippen LogP contribution in [0.15, 0.2) is 10.8 Å². The molecule has 1 amide bonds.